The molecule has 1 aliphatic carbocycles. The molecule has 0 saturated heterocycles. The van der Waals surface area contributed by atoms with Gasteiger partial charge in [0.25, 0.3) is 0 Å². The normalized spacial score (nSPS) is 37.6. The molecule has 3 nitrogen and oxygen atoms in total. The first-order chi connectivity index (χ1) is 9.24. The van der Waals surface area contributed by atoms with Crippen molar-refractivity contribution >= 4 is 23.2 Å². The summed E-state index contributed by atoms with van der Waals surface area (Å²) in [5.74, 6) is 0. The Labute approximate surface area is 126 Å². The minimum atomic E-state index is -0.310. The van der Waals surface area contributed by atoms with Crippen molar-refractivity contribution in [1.82, 2.24) is 16.0 Å². The van der Waals surface area contributed by atoms with Gasteiger partial charge in [-0.1, -0.05) is 61.7 Å². The van der Waals surface area contributed by atoms with E-state index in [0.29, 0.717) is 6.04 Å². The lowest BCUT2D eigenvalue weighted by atomic mass is 10.0. The Balaban J connectivity index is 2.02. The van der Waals surface area contributed by atoms with Crippen molar-refractivity contribution in [2.45, 2.75) is 75.1 Å². The van der Waals surface area contributed by atoms with E-state index in [2.05, 4.69) is 22.0 Å². The molecule has 2 aliphatic rings. The van der Waals surface area contributed by atoms with Crippen LogP contribution in [0, 0.1) is 0 Å². The predicted octanol–water partition coefficient (Wildman–Crippen LogP) is 3.59. The molecular formula is C14H25Cl2N3. The Bertz CT molecular complexity index is 296. The molecule has 0 aromatic rings. The van der Waals surface area contributed by atoms with Crippen molar-refractivity contribution in [3.05, 3.63) is 11.8 Å². The van der Waals surface area contributed by atoms with Crippen LogP contribution >= 0.6 is 23.2 Å². The SMILES string of the molecule is ClC1N/C2=C/C(CCCCCCCCC2)NC(Cl)N1. The van der Waals surface area contributed by atoms with Crippen LogP contribution in [0.25, 0.3) is 0 Å². The summed E-state index contributed by atoms with van der Waals surface area (Å²) in [6.45, 7) is 0. The van der Waals surface area contributed by atoms with Gasteiger partial charge >= 0.3 is 0 Å². The number of rotatable bonds is 0. The van der Waals surface area contributed by atoms with Gasteiger partial charge in [-0.3, -0.25) is 10.6 Å². The van der Waals surface area contributed by atoms with Crippen LogP contribution in [0.4, 0.5) is 0 Å². The summed E-state index contributed by atoms with van der Waals surface area (Å²) in [5, 5.41) is 9.80. The Hall–Kier alpha value is 0.0400. The van der Waals surface area contributed by atoms with Crippen molar-refractivity contribution < 1.29 is 0 Å². The molecule has 0 amide bonds. The molecule has 3 N–H and O–H groups in total. The number of fused-ring (bicyclic) bond motifs is 1. The van der Waals surface area contributed by atoms with E-state index in [9.17, 15) is 0 Å². The fourth-order valence-electron chi connectivity index (χ4n) is 2.79. The Morgan fingerprint density at radius 2 is 1.53 bits per heavy atom. The molecule has 0 fully saturated rings. The highest BCUT2D eigenvalue weighted by Crippen LogP contribution is 2.18. The second-order valence-corrected chi connectivity index (χ2v) is 6.39. The van der Waals surface area contributed by atoms with Crippen LogP contribution in [0.3, 0.4) is 0 Å². The maximum atomic E-state index is 6.18. The van der Waals surface area contributed by atoms with Gasteiger partial charge in [-0.15, -0.1) is 0 Å². The zero-order chi connectivity index (χ0) is 13.5. The fraction of sp³-hybridized carbons (Fsp3) is 0.857. The molecule has 19 heavy (non-hydrogen) atoms. The standard InChI is InChI=1S/C14H25Cl2N3/c15-13-17-11-8-6-4-2-1-3-5-7-9-12(10-11)18-14(16)19-13/h10-11,13-14,17-19H,1-9H2/b12-10+. The topological polar surface area (TPSA) is 36.1 Å². The van der Waals surface area contributed by atoms with Gasteiger partial charge in [0.2, 0.25) is 0 Å². The number of allylic oxidation sites excluding steroid dienone is 1. The quantitative estimate of drug-likeness (QED) is 0.473. The molecule has 0 radical (unpaired) electrons. The highest BCUT2D eigenvalue weighted by molar-refractivity contribution is 6.22. The molecule has 0 aromatic heterocycles. The average molecular weight is 306 g/mol. The second-order valence-electron chi connectivity index (χ2n) is 5.51. The van der Waals surface area contributed by atoms with Crippen molar-refractivity contribution in [2.75, 3.05) is 0 Å². The first-order valence-corrected chi connectivity index (χ1v) is 8.39. The Morgan fingerprint density at radius 3 is 2.32 bits per heavy atom. The predicted molar refractivity (Wildman–Crippen MR) is 82.1 cm³/mol. The van der Waals surface area contributed by atoms with Gasteiger partial charge in [-0.05, 0) is 25.3 Å². The zero-order valence-electron chi connectivity index (χ0n) is 11.4. The average Bonchev–Trinajstić information content (AvgIpc) is 2.31. The van der Waals surface area contributed by atoms with Crippen LogP contribution in [0.15, 0.2) is 11.8 Å². The molecule has 5 heteroatoms. The van der Waals surface area contributed by atoms with E-state index < -0.39 is 0 Å². The van der Waals surface area contributed by atoms with Gasteiger partial charge in [-0.25, -0.2) is 0 Å². The Morgan fingerprint density at radius 1 is 0.842 bits per heavy atom. The van der Waals surface area contributed by atoms with Gasteiger partial charge < -0.3 is 5.32 Å². The number of hydrogen-bond acceptors (Lipinski definition) is 3. The molecule has 1 heterocycles. The number of halogens is 2. The third kappa shape index (κ3) is 5.90. The van der Waals surface area contributed by atoms with Crippen molar-refractivity contribution in [3.63, 3.8) is 0 Å². The third-order valence-electron chi connectivity index (χ3n) is 3.83. The van der Waals surface area contributed by atoms with Crippen LogP contribution < -0.4 is 16.0 Å². The van der Waals surface area contributed by atoms with E-state index in [1.807, 2.05) is 0 Å². The molecule has 2 rings (SSSR count). The smallest absolute Gasteiger partial charge is 0.157 e. The summed E-state index contributed by atoms with van der Waals surface area (Å²) in [6, 6.07) is 0.334. The minimum absolute atomic E-state index is 0.286. The van der Waals surface area contributed by atoms with E-state index in [4.69, 9.17) is 23.2 Å². The van der Waals surface area contributed by atoms with Crippen LogP contribution in [0.1, 0.15) is 57.8 Å². The first-order valence-electron chi connectivity index (χ1n) is 7.51. The van der Waals surface area contributed by atoms with Crippen LogP contribution in [-0.2, 0) is 0 Å². The van der Waals surface area contributed by atoms with Gasteiger partial charge in [0.15, 0.2) is 5.62 Å². The molecular weight excluding hydrogens is 281 g/mol. The molecule has 2 bridgehead atoms. The van der Waals surface area contributed by atoms with E-state index in [1.165, 1.54) is 50.6 Å². The molecule has 0 saturated carbocycles. The molecule has 1 aliphatic heterocycles. The Kier molecular flexibility index (Phi) is 6.78. The summed E-state index contributed by atoms with van der Waals surface area (Å²) in [6.07, 6.45) is 13.8. The van der Waals surface area contributed by atoms with Gasteiger partial charge in [0, 0.05) is 11.7 Å². The van der Waals surface area contributed by atoms with Gasteiger partial charge in [0.1, 0.15) is 5.62 Å². The summed E-state index contributed by atoms with van der Waals surface area (Å²) < 4.78 is 0. The zero-order valence-corrected chi connectivity index (χ0v) is 12.9. The summed E-state index contributed by atoms with van der Waals surface area (Å²) in [5.41, 5.74) is 0.648. The number of hydrogen-bond donors (Lipinski definition) is 3. The molecule has 0 aromatic carbocycles. The minimum Gasteiger partial charge on any atom is -0.361 e. The highest BCUT2D eigenvalue weighted by Gasteiger charge is 2.19. The second kappa shape index (κ2) is 8.35. The fourth-order valence-corrected chi connectivity index (χ4v) is 3.41. The van der Waals surface area contributed by atoms with E-state index in [0.717, 1.165) is 12.8 Å². The lowest BCUT2D eigenvalue weighted by molar-refractivity contribution is 0.410. The monoisotopic (exact) mass is 305 g/mol. The summed E-state index contributed by atoms with van der Waals surface area (Å²) in [4.78, 5) is 0. The van der Waals surface area contributed by atoms with Crippen molar-refractivity contribution in [1.29, 1.82) is 0 Å². The molecule has 3 unspecified atom stereocenters. The maximum Gasteiger partial charge on any atom is 0.157 e. The van der Waals surface area contributed by atoms with E-state index >= 15 is 0 Å². The molecule has 3 atom stereocenters. The van der Waals surface area contributed by atoms with E-state index in [1.54, 1.807) is 0 Å². The highest BCUT2D eigenvalue weighted by atomic mass is 35.5. The molecule has 110 valence electrons. The molecule has 0 spiro atoms. The number of alkyl halides is 2. The lowest BCUT2D eigenvalue weighted by Crippen LogP contribution is -2.52. The van der Waals surface area contributed by atoms with E-state index in [-0.39, 0.29) is 11.2 Å². The maximum absolute atomic E-state index is 6.18. The van der Waals surface area contributed by atoms with Gasteiger partial charge in [-0.2, -0.15) is 0 Å². The van der Waals surface area contributed by atoms with Crippen molar-refractivity contribution in [3.8, 4) is 0 Å². The number of nitrogens with one attached hydrogen (secondary N) is 3. The lowest BCUT2D eigenvalue weighted by Gasteiger charge is -2.29. The van der Waals surface area contributed by atoms with Crippen LogP contribution in [-0.4, -0.2) is 17.3 Å². The van der Waals surface area contributed by atoms with Gasteiger partial charge in [0.05, 0.1) is 0 Å². The summed E-state index contributed by atoms with van der Waals surface area (Å²) in [7, 11) is 0. The summed E-state index contributed by atoms with van der Waals surface area (Å²) >= 11 is 12.4. The first kappa shape index (κ1) is 15.4. The van der Waals surface area contributed by atoms with Crippen LogP contribution in [0.2, 0.25) is 0 Å². The largest absolute Gasteiger partial charge is 0.361 e. The third-order valence-corrected chi connectivity index (χ3v) is 4.32. The van der Waals surface area contributed by atoms with Crippen LogP contribution in [0.5, 0.6) is 0 Å². The van der Waals surface area contributed by atoms with Crippen molar-refractivity contribution in [2.24, 2.45) is 0 Å².